The topological polar surface area (TPSA) is 58.6 Å². The largest absolute Gasteiger partial charge is 0.481 e. The number of rotatable bonds is 9. The van der Waals surface area contributed by atoms with Crippen molar-refractivity contribution in [3.63, 3.8) is 0 Å². The van der Waals surface area contributed by atoms with Crippen LogP contribution >= 0.6 is 0 Å². The van der Waals surface area contributed by atoms with Gasteiger partial charge in [0.25, 0.3) is 5.91 Å². The number of benzene rings is 2. The first-order valence-electron chi connectivity index (χ1n) is 12.0. The van der Waals surface area contributed by atoms with E-state index in [-0.39, 0.29) is 23.5 Å². The molecule has 1 aliphatic heterocycles. The number of fused-ring (bicyclic) bond motifs is 1. The Hall–Kier alpha value is -2.89. The fraction of sp³-hybridized carbons (Fsp3) is 0.481. The highest BCUT2D eigenvalue weighted by Gasteiger charge is 2.33. The van der Waals surface area contributed by atoms with Crippen LogP contribution in [0.15, 0.2) is 42.5 Å². The van der Waals surface area contributed by atoms with Gasteiger partial charge in [0, 0.05) is 19.5 Å². The van der Waals surface area contributed by atoms with Crippen LogP contribution in [0, 0.1) is 11.7 Å². The molecule has 0 fully saturated rings. The van der Waals surface area contributed by atoms with Crippen molar-refractivity contribution in [2.45, 2.75) is 65.5 Å². The van der Waals surface area contributed by atoms with Crippen LogP contribution in [0.5, 0.6) is 5.75 Å². The van der Waals surface area contributed by atoms with E-state index in [0.29, 0.717) is 31.7 Å². The van der Waals surface area contributed by atoms with Gasteiger partial charge in [0.2, 0.25) is 5.91 Å². The molecule has 33 heavy (non-hydrogen) atoms. The summed E-state index contributed by atoms with van der Waals surface area (Å²) in [5.41, 5.74) is 2.76. The van der Waals surface area contributed by atoms with Crippen LogP contribution in [0.25, 0.3) is 0 Å². The molecule has 6 heteroatoms. The first-order chi connectivity index (χ1) is 15.8. The predicted molar refractivity (Wildman–Crippen MR) is 128 cm³/mol. The predicted octanol–water partition coefficient (Wildman–Crippen LogP) is 5.03. The van der Waals surface area contributed by atoms with Gasteiger partial charge in [-0.1, -0.05) is 45.9 Å². The molecular formula is C27H35FN2O3. The van der Waals surface area contributed by atoms with E-state index in [9.17, 15) is 14.0 Å². The van der Waals surface area contributed by atoms with E-state index in [4.69, 9.17) is 4.74 Å². The third-order valence-corrected chi connectivity index (χ3v) is 5.90. The zero-order chi connectivity index (χ0) is 24.0. The molecule has 3 rings (SSSR count). The molecule has 5 nitrogen and oxygen atoms in total. The smallest absolute Gasteiger partial charge is 0.261 e. The molecular weight excluding hydrogens is 419 g/mol. The van der Waals surface area contributed by atoms with Crippen molar-refractivity contribution in [1.29, 1.82) is 0 Å². The van der Waals surface area contributed by atoms with E-state index in [1.54, 1.807) is 6.07 Å². The van der Waals surface area contributed by atoms with Gasteiger partial charge < -0.3 is 15.0 Å². The average Bonchev–Trinajstić information content (AvgIpc) is 2.79. The second-order valence-electron chi connectivity index (χ2n) is 9.06. The first kappa shape index (κ1) is 24.7. The van der Waals surface area contributed by atoms with Crippen molar-refractivity contribution >= 4 is 11.8 Å². The maximum atomic E-state index is 14.2. The van der Waals surface area contributed by atoms with Crippen molar-refractivity contribution in [2.24, 2.45) is 5.92 Å². The fourth-order valence-electron chi connectivity index (χ4n) is 4.29. The standard InChI is InChI=1S/C27H35FN2O3/c1-5-13-29-27(32)24(6-2)33-22-11-10-19-12-14-30(25(31)15-18(3)4)26(23(19)17-22)20-8-7-9-21(28)16-20/h7-11,16-18,24,26H,5-6,12-15H2,1-4H3,(H,29,32)/t24-,26+/m0/s1. The lowest BCUT2D eigenvalue weighted by Gasteiger charge is -2.38. The summed E-state index contributed by atoms with van der Waals surface area (Å²) in [4.78, 5) is 27.4. The van der Waals surface area contributed by atoms with Crippen molar-refractivity contribution in [3.05, 3.63) is 65.0 Å². The molecule has 2 aromatic carbocycles. The van der Waals surface area contributed by atoms with Crippen molar-refractivity contribution in [3.8, 4) is 5.75 Å². The Morgan fingerprint density at radius 1 is 1.18 bits per heavy atom. The summed E-state index contributed by atoms with van der Waals surface area (Å²) in [6.45, 7) is 9.15. The number of hydrogen-bond donors (Lipinski definition) is 1. The van der Waals surface area contributed by atoms with Gasteiger partial charge in [-0.25, -0.2) is 4.39 Å². The van der Waals surface area contributed by atoms with Crippen LogP contribution in [-0.4, -0.2) is 35.9 Å². The highest BCUT2D eigenvalue weighted by Crippen LogP contribution is 2.38. The maximum absolute atomic E-state index is 14.2. The van der Waals surface area contributed by atoms with Crippen LogP contribution in [0.1, 0.15) is 69.7 Å². The lowest BCUT2D eigenvalue weighted by atomic mass is 9.87. The Morgan fingerprint density at radius 2 is 1.97 bits per heavy atom. The molecule has 178 valence electrons. The van der Waals surface area contributed by atoms with Gasteiger partial charge in [0.1, 0.15) is 11.6 Å². The molecule has 0 saturated heterocycles. The Bertz CT molecular complexity index is 976. The van der Waals surface area contributed by atoms with E-state index in [1.807, 2.05) is 56.9 Å². The molecule has 0 unspecified atom stereocenters. The third-order valence-electron chi connectivity index (χ3n) is 5.90. The molecule has 0 saturated carbocycles. The van der Waals surface area contributed by atoms with Gasteiger partial charge in [-0.2, -0.15) is 0 Å². The van der Waals surface area contributed by atoms with Crippen molar-refractivity contribution < 1.29 is 18.7 Å². The number of carbonyl (C=O) groups is 2. The average molecular weight is 455 g/mol. The Labute approximate surface area is 196 Å². The summed E-state index contributed by atoms with van der Waals surface area (Å²) in [6, 6.07) is 11.8. The number of halogens is 1. The van der Waals surface area contributed by atoms with Gasteiger partial charge in [0.15, 0.2) is 6.10 Å². The molecule has 1 heterocycles. The Morgan fingerprint density at radius 3 is 2.64 bits per heavy atom. The summed E-state index contributed by atoms with van der Waals surface area (Å²) in [5, 5.41) is 2.89. The number of nitrogens with zero attached hydrogens (tertiary/aromatic N) is 1. The lowest BCUT2D eigenvalue weighted by Crippen LogP contribution is -2.41. The number of hydrogen-bond acceptors (Lipinski definition) is 3. The van der Waals surface area contributed by atoms with Gasteiger partial charge >= 0.3 is 0 Å². The van der Waals surface area contributed by atoms with E-state index in [2.05, 4.69) is 5.32 Å². The molecule has 0 aromatic heterocycles. The summed E-state index contributed by atoms with van der Waals surface area (Å²) < 4.78 is 20.2. The maximum Gasteiger partial charge on any atom is 0.261 e. The Kier molecular flexibility index (Phi) is 8.48. The van der Waals surface area contributed by atoms with Gasteiger partial charge in [0.05, 0.1) is 6.04 Å². The van der Waals surface area contributed by atoms with Gasteiger partial charge in [-0.3, -0.25) is 9.59 Å². The number of nitrogens with one attached hydrogen (secondary N) is 1. The van der Waals surface area contributed by atoms with Crippen LogP contribution in [0.4, 0.5) is 4.39 Å². The summed E-state index contributed by atoms with van der Waals surface area (Å²) in [5.74, 6) is 0.400. The van der Waals surface area contributed by atoms with E-state index < -0.39 is 12.1 Å². The highest BCUT2D eigenvalue weighted by molar-refractivity contribution is 5.81. The number of ether oxygens (including phenoxy) is 1. The molecule has 0 radical (unpaired) electrons. The minimum Gasteiger partial charge on any atom is -0.481 e. The summed E-state index contributed by atoms with van der Waals surface area (Å²) in [7, 11) is 0. The van der Waals surface area contributed by atoms with Gasteiger partial charge in [-0.05, 0) is 66.1 Å². The molecule has 2 aromatic rings. The van der Waals surface area contributed by atoms with Crippen molar-refractivity contribution in [2.75, 3.05) is 13.1 Å². The first-order valence-corrected chi connectivity index (χ1v) is 12.0. The normalized spacial score (nSPS) is 16.3. The fourth-order valence-corrected chi connectivity index (χ4v) is 4.29. The molecule has 1 aliphatic rings. The zero-order valence-corrected chi connectivity index (χ0v) is 20.1. The minimum absolute atomic E-state index is 0.0570. The number of carbonyl (C=O) groups excluding carboxylic acids is 2. The van der Waals surface area contributed by atoms with E-state index in [1.165, 1.54) is 12.1 Å². The van der Waals surface area contributed by atoms with E-state index >= 15 is 0 Å². The minimum atomic E-state index is -0.593. The molecule has 0 spiro atoms. The van der Waals surface area contributed by atoms with Crippen LogP contribution < -0.4 is 10.1 Å². The van der Waals surface area contributed by atoms with Gasteiger partial charge in [-0.15, -0.1) is 0 Å². The molecule has 0 aliphatic carbocycles. The SMILES string of the molecule is CCCNC(=O)[C@H](CC)Oc1ccc2c(c1)[C@@H](c1cccc(F)c1)N(C(=O)CC(C)C)CC2. The summed E-state index contributed by atoms with van der Waals surface area (Å²) in [6.07, 6.45) is 1.96. The molecule has 1 N–H and O–H groups in total. The molecule has 2 atom stereocenters. The number of amides is 2. The van der Waals surface area contributed by atoms with Crippen LogP contribution in [0.2, 0.25) is 0 Å². The summed E-state index contributed by atoms with van der Waals surface area (Å²) >= 11 is 0. The third kappa shape index (κ3) is 6.12. The van der Waals surface area contributed by atoms with Crippen molar-refractivity contribution in [1.82, 2.24) is 10.2 Å². The van der Waals surface area contributed by atoms with Crippen LogP contribution in [-0.2, 0) is 16.0 Å². The lowest BCUT2D eigenvalue weighted by molar-refractivity contribution is -0.134. The van der Waals surface area contributed by atoms with Crippen LogP contribution in [0.3, 0.4) is 0 Å². The second-order valence-corrected chi connectivity index (χ2v) is 9.06. The Balaban J connectivity index is 1.97. The second kappa shape index (κ2) is 11.3. The molecule has 2 amide bonds. The monoisotopic (exact) mass is 454 g/mol. The molecule has 0 bridgehead atoms. The quantitative estimate of drug-likeness (QED) is 0.578. The highest BCUT2D eigenvalue weighted by atomic mass is 19.1. The van der Waals surface area contributed by atoms with E-state index in [0.717, 1.165) is 29.5 Å². The zero-order valence-electron chi connectivity index (χ0n) is 20.1.